The second-order valence-electron chi connectivity index (χ2n) is 6.79. The summed E-state index contributed by atoms with van der Waals surface area (Å²) >= 11 is 0. The SMILES string of the molecule is CC(C)n1[c-][n+]2c3c(cccc31)N(C)c1cc3ccccc3cc1-2. The van der Waals surface area contributed by atoms with E-state index in [1.54, 1.807) is 0 Å². The molecule has 0 amide bonds. The zero-order valence-electron chi connectivity index (χ0n) is 14.1. The number of benzene rings is 3. The van der Waals surface area contributed by atoms with Crippen molar-refractivity contribution in [2.75, 3.05) is 11.9 Å². The van der Waals surface area contributed by atoms with Crippen LogP contribution in [0.25, 0.3) is 27.5 Å². The smallest absolute Gasteiger partial charge is 0.244 e. The molecule has 0 N–H and O–H groups in total. The van der Waals surface area contributed by atoms with Crippen molar-refractivity contribution in [3.63, 3.8) is 0 Å². The number of aromatic nitrogens is 2. The van der Waals surface area contributed by atoms with Gasteiger partial charge in [-0.1, -0.05) is 36.4 Å². The first kappa shape index (κ1) is 13.6. The van der Waals surface area contributed by atoms with Crippen molar-refractivity contribution >= 4 is 33.2 Å². The number of imidazole rings is 1. The van der Waals surface area contributed by atoms with Gasteiger partial charge in [-0.3, -0.25) is 0 Å². The van der Waals surface area contributed by atoms with Gasteiger partial charge in [-0.05, 0) is 42.8 Å². The maximum atomic E-state index is 3.58. The average molecular weight is 313 g/mol. The highest BCUT2D eigenvalue weighted by molar-refractivity contribution is 5.96. The van der Waals surface area contributed by atoms with E-state index in [0.717, 1.165) is 0 Å². The summed E-state index contributed by atoms with van der Waals surface area (Å²) in [4.78, 5) is 2.29. The van der Waals surface area contributed by atoms with Gasteiger partial charge in [-0.15, -0.1) is 0 Å². The molecule has 3 aromatic carbocycles. The number of anilines is 2. The van der Waals surface area contributed by atoms with Crippen LogP contribution in [0.3, 0.4) is 0 Å². The van der Waals surface area contributed by atoms with E-state index in [0.29, 0.717) is 6.04 Å². The van der Waals surface area contributed by atoms with Gasteiger partial charge in [-0.2, -0.15) is 0 Å². The highest BCUT2D eigenvalue weighted by Crippen LogP contribution is 2.39. The zero-order valence-corrected chi connectivity index (χ0v) is 14.1. The van der Waals surface area contributed by atoms with Crippen molar-refractivity contribution in [2.24, 2.45) is 0 Å². The molecular weight excluding hydrogens is 294 g/mol. The third kappa shape index (κ3) is 1.64. The Morgan fingerprint density at radius 2 is 1.67 bits per heavy atom. The summed E-state index contributed by atoms with van der Waals surface area (Å²) < 4.78 is 4.46. The number of hydrogen-bond acceptors (Lipinski definition) is 1. The largest absolute Gasteiger partial charge is 0.354 e. The number of fused-ring (bicyclic) bond motifs is 3. The molecule has 2 heterocycles. The fourth-order valence-corrected chi connectivity index (χ4v) is 3.79. The van der Waals surface area contributed by atoms with Crippen molar-refractivity contribution in [3.05, 3.63) is 60.9 Å². The summed E-state index contributed by atoms with van der Waals surface area (Å²) in [5, 5.41) is 2.53. The molecule has 118 valence electrons. The first-order valence-electron chi connectivity index (χ1n) is 8.40. The van der Waals surface area contributed by atoms with E-state index in [-0.39, 0.29) is 0 Å². The number of hydrogen-bond donors (Lipinski definition) is 0. The molecule has 0 spiro atoms. The highest BCUT2D eigenvalue weighted by atomic mass is 15.2. The fraction of sp³-hybridized carbons (Fsp3) is 0.190. The maximum absolute atomic E-state index is 3.58. The van der Waals surface area contributed by atoms with E-state index in [4.69, 9.17) is 0 Å². The second kappa shape index (κ2) is 4.60. The van der Waals surface area contributed by atoms with Crippen LogP contribution < -0.4 is 9.47 Å². The van der Waals surface area contributed by atoms with Crippen molar-refractivity contribution in [3.8, 4) is 5.69 Å². The molecule has 0 atom stereocenters. The Kier molecular flexibility index (Phi) is 2.61. The van der Waals surface area contributed by atoms with Crippen LogP contribution in [0.5, 0.6) is 0 Å². The topological polar surface area (TPSA) is 12.0 Å². The predicted octanol–water partition coefficient (Wildman–Crippen LogP) is 4.53. The van der Waals surface area contributed by atoms with Gasteiger partial charge >= 0.3 is 0 Å². The van der Waals surface area contributed by atoms with Crippen LogP contribution in [0.4, 0.5) is 11.4 Å². The van der Waals surface area contributed by atoms with E-state index in [1.165, 1.54) is 38.9 Å². The summed E-state index contributed by atoms with van der Waals surface area (Å²) in [5.41, 5.74) is 6.10. The third-order valence-corrected chi connectivity index (χ3v) is 5.01. The second-order valence-corrected chi connectivity index (χ2v) is 6.79. The van der Waals surface area contributed by atoms with Crippen LogP contribution in [0.1, 0.15) is 19.9 Å². The maximum Gasteiger partial charge on any atom is 0.244 e. The molecule has 1 aliphatic heterocycles. The first-order valence-corrected chi connectivity index (χ1v) is 8.40. The lowest BCUT2D eigenvalue weighted by Crippen LogP contribution is -2.36. The van der Waals surface area contributed by atoms with E-state index in [2.05, 4.69) is 95.9 Å². The van der Waals surface area contributed by atoms with E-state index >= 15 is 0 Å². The molecule has 0 saturated carbocycles. The minimum absolute atomic E-state index is 0.372. The molecule has 0 aliphatic carbocycles. The number of para-hydroxylation sites is 1. The van der Waals surface area contributed by atoms with Gasteiger partial charge < -0.3 is 14.0 Å². The monoisotopic (exact) mass is 313 g/mol. The molecule has 3 heteroatoms. The molecule has 0 bridgehead atoms. The van der Waals surface area contributed by atoms with E-state index < -0.39 is 0 Å². The molecule has 0 saturated heterocycles. The van der Waals surface area contributed by atoms with E-state index in [9.17, 15) is 0 Å². The van der Waals surface area contributed by atoms with Gasteiger partial charge in [0.25, 0.3) is 0 Å². The summed E-state index contributed by atoms with van der Waals surface area (Å²) in [6.07, 6.45) is 3.58. The van der Waals surface area contributed by atoms with Gasteiger partial charge in [0.2, 0.25) is 6.33 Å². The fourth-order valence-electron chi connectivity index (χ4n) is 3.79. The number of rotatable bonds is 1. The third-order valence-electron chi connectivity index (χ3n) is 5.01. The lowest BCUT2D eigenvalue weighted by Gasteiger charge is -2.30. The Labute approximate surface area is 141 Å². The average Bonchev–Trinajstić information content (AvgIpc) is 2.99. The van der Waals surface area contributed by atoms with Crippen LogP contribution in [-0.4, -0.2) is 11.6 Å². The zero-order chi connectivity index (χ0) is 16.4. The number of nitrogens with zero attached hydrogens (tertiary/aromatic N) is 3. The first-order chi connectivity index (χ1) is 11.6. The lowest BCUT2D eigenvalue weighted by atomic mass is 10.1. The molecule has 0 unspecified atom stereocenters. The summed E-state index contributed by atoms with van der Waals surface area (Å²) in [5.74, 6) is 0. The molecule has 24 heavy (non-hydrogen) atoms. The van der Waals surface area contributed by atoms with E-state index in [1.807, 2.05) is 0 Å². The van der Waals surface area contributed by atoms with Crippen molar-refractivity contribution in [2.45, 2.75) is 19.9 Å². The molecule has 1 aromatic heterocycles. The molecule has 3 nitrogen and oxygen atoms in total. The summed E-state index contributed by atoms with van der Waals surface area (Å²) in [7, 11) is 2.15. The Morgan fingerprint density at radius 3 is 2.42 bits per heavy atom. The standard InChI is InChI=1S/C21H19N3/c1-14(2)23-13-24-20-12-16-8-5-4-7-15(16)11-19(20)22(3)17-9-6-10-18(23)21(17)24/h4-12,14H,1-3H3. The van der Waals surface area contributed by atoms with Crippen LogP contribution in [-0.2, 0) is 0 Å². The Morgan fingerprint density at radius 1 is 0.917 bits per heavy atom. The van der Waals surface area contributed by atoms with Gasteiger partial charge in [0, 0.05) is 18.4 Å². The van der Waals surface area contributed by atoms with Crippen molar-refractivity contribution in [1.82, 2.24) is 4.57 Å². The van der Waals surface area contributed by atoms with Crippen LogP contribution >= 0.6 is 0 Å². The molecule has 0 fully saturated rings. The quantitative estimate of drug-likeness (QED) is 0.371. The lowest BCUT2D eigenvalue weighted by molar-refractivity contribution is -0.572. The van der Waals surface area contributed by atoms with Crippen LogP contribution in [0, 0.1) is 6.33 Å². The molecular formula is C21H19N3. The Hall–Kier alpha value is -2.81. The molecule has 1 aliphatic rings. The summed E-state index contributed by atoms with van der Waals surface area (Å²) in [6.45, 7) is 4.41. The normalized spacial score (nSPS) is 13.1. The van der Waals surface area contributed by atoms with Gasteiger partial charge in [-0.25, -0.2) is 0 Å². The van der Waals surface area contributed by atoms with Crippen molar-refractivity contribution < 1.29 is 4.57 Å². The van der Waals surface area contributed by atoms with Gasteiger partial charge in [0.1, 0.15) is 0 Å². The predicted molar refractivity (Wildman–Crippen MR) is 98.3 cm³/mol. The minimum Gasteiger partial charge on any atom is -0.354 e. The van der Waals surface area contributed by atoms with Crippen LogP contribution in [0.2, 0.25) is 0 Å². The molecule has 5 rings (SSSR count). The Bertz CT molecular complexity index is 1100. The Balaban J connectivity index is 1.94. The van der Waals surface area contributed by atoms with Gasteiger partial charge in [0.15, 0.2) is 0 Å². The summed E-state index contributed by atoms with van der Waals surface area (Å²) in [6, 6.07) is 20.0. The van der Waals surface area contributed by atoms with Crippen LogP contribution in [0.15, 0.2) is 54.6 Å². The van der Waals surface area contributed by atoms with Crippen molar-refractivity contribution in [1.29, 1.82) is 0 Å². The molecule has 4 aromatic rings. The molecule has 0 radical (unpaired) electrons. The minimum atomic E-state index is 0.372. The van der Waals surface area contributed by atoms with Gasteiger partial charge in [0.05, 0.1) is 22.8 Å². The highest BCUT2D eigenvalue weighted by Gasteiger charge is 2.24.